The second-order valence-corrected chi connectivity index (χ2v) is 10.2. The third-order valence-corrected chi connectivity index (χ3v) is 6.77. The molecule has 3 rings (SSSR count). The Morgan fingerprint density at radius 1 is 1.12 bits per heavy atom. The lowest BCUT2D eigenvalue weighted by Gasteiger charge is -2.25. The smallest absolute Gasteiger partial charge is 0.202 e. The van der Waals surface area contributed by atoms with E-state index in [-0.39, 0.29) is 11.5 Å². The van der Waals surface area contributed by atoms with Gasteiger partial charge in [0.15, 0.2) is 0 Å². The highest BCUT2D eigenvalue weighted by molar-refractivity contribution is 7.87. The van der Waals surface area contributed by atoms with Crippen molar-refractivity contribution in [1.82, 2.24) is 0 Å². The molecular weight excluding hydrogens is 346 g/mol. The van der Waals surface area contributed by atoms with Gasteiger partial charge in [-0.15, -0.1) is 0 Å². The molecule has 140 valence electrons. The molecule has 0 radical (unpaired) electrons. The third-order valence-electron chi connectivity index (χ3n) is 4.88. The van der Waals surface area contributed by atoms with Crippen LogP contribution in [0.25, 0.3) is 10.8 Å². The monoisotopic (exact) mass is 373 g/mol. The maximum atomic E-state index is 13.7. The van der Waals surface area contributed by atoms with Crippen LogP contribution in [-0.2, 0) is 15.5 Å². The standard InChI is InChI=1S/C21H27NO3S/c1-20(2,3)17-13-25-19(22-17)21(4,5)26(23)18-15-10-8-7-9-14(15)11-12-16(18)24-6/h7-12,17H,13H2,1-6H3/t17-,26?/m1/s1. The van der Waals surface area contributed by atoms with Gasteiger partial charge in [0.1, 0.15) is 17.1 Å². The van der Waals surface area contributed by atoms with Gasteiger partial charge in [-0.3, -0.25) is 4.21 Å². The molecule has 1 aliphatic heterocycles. The lowest BCUT2D eigenvalue weighted by atomic mass is 9.88. The van der Waals surface area contributed by atoms with E-state index in [9.17, 15) is 4.21 Å². The van der Waals surface area contributed by atoms with E-state index >= 15 is 0 Å². The average Bonchev–Trinajstić information content (AvgIpc) is 3.11. The van der Waals surface area contributed by atoms with Gasteiger partial charge >= 0.3 is 0 Å². The zero-order valence-corrected chi connectivity index (χ0v) is 17.1. The second kappa shape index (κ2) is 6.69. The molecule has 0 spiro atoms. The number of rotatable bonds is 4. The number of ether oxygens (including phenoxy) is 2. The molecular formula is C21H27NO3S. The van der Waals surface area contributed by atoms with Crippen LogP contribution in [0.4, 0.5) is 0 Å². The van der Waals surface area contributed by atoms with Gasteiger partial charge in [-0.2, -0.15) is 0 Å². The van der Waals surface area contributed by atoms with Crippen LogP contribution in [-0.4, -0.2) is 34.6 Å². The van der Waals surface area contributed by atoms with Crippen LogP contribution in [0, 0.1) is 5.41 Å². The summed E-state index contributed by atoms with van der Waals surface area (Å²) >= 11 is 0. The quantitative estimate of drug-likeness (QED) is 0.788. The number of hydrogen-bond acceptors (Lipinski definition) is 4. The minimum Gasteiger partial charge on any atom is -0.495 e. The summed E-state index contributed by atoms with van der Waals surface area (Å²) in [5.74, 6) is 1.19. The number of aliphatic imine (C=N–C) groups is 1. The Morgan fingerprint density at radius 2 is 1.81 bits per heavy atom. The summed E-state index contributed by atoms with van der Waals surface area (Å²) in [6.45, 7) is 10.8. The Bertz CT molecular complexity index is 880. The lowest BCUT2D eigenvalue weighted by molar-refractivity contribution is 0.231. The van der Waals surface area contributed by atoms with E-state index in [0.29, 0.717) is 23.1 Å². The first-order valence-corrected chi connectivity index (χ1v) is 10.00. The van der Waals surface area contributed by atoms with Crippen molar-refractivity contribution in [3.8, 4) is 5.75 Å². The predicted octanol–water partition coefficient (Wildman–Crippen LogP) is 4.58. The molecule has 2 aromatic carbocycles. The molecule has 0 amide bonds. The number of nitrogens with zero attached hydrogens (tertiary/aromatic N) is 1. The van der Waals surface area contributed by atoms with Crippen molar-refractivity contribution >= 4 is 27.5 Å². The van der Waals surface area contributed by atoms with Crippen molar-refractivity contribution in [3.63, 3.8) is 0 Å². The highest BCUT2D eigenvalue weighted by Gasteiger charge is 2.42. The molecule has 0 saturated heterocycles. The Kier molecular flexibility index (Phi) is 4.86. The van der Waals surface area contributed by atoms with Crippen LogP contribution in [0.5, 0.6) is 5.75 Å². The van der Waals surface area contributed by atoms with Gasteiger partial charge < -0.3 is 9.47 Å². The SMILES string of the molecule is COc1ccc2ccccc2c1S(=O)C(C)(C)C1=N[C@@H](C(C)(C)C)CO1. The van der Waals surface area contributed by atoms with E-state index in [1.165, 1.54) is 0 Å². The van der Waals surface area contributed by atoms with E-state index in [0.717, 1.165) is 10.8 Å². The summed E-state index contributed by atoms with van der Waals surface area (Å²) in [5.41, 5.74) is 0.0104. The fourth-order valence-electron chi connectivity index (χ4n) is 3.06. The molecule has 0 fully saturated rings. The number of hydrogen-bond donors (Lipinski definition) is 0. The molecule has 0 N–H and O–H groups in total. The maximum Gasteiger partial charge on any atom is 0.202 e. The Morgan fingerprint density at radius 3 is 2.42 bits per heavy atom. The molecule has 5 heteroatoms. The topological polar surface area (TPSA) is 47.9 Å². The van der Waals surface area contributed by atoms with E-state index in [4.69, 9.17) is 14.5 Å². The van der Waals surface area contributed by atoms with Crippen LogP contribution in [0.3, 0.4) is 0 Å². The molecule has 4 nitrogen and oxygen atoms in total. The van der Waals surface area contributed by atoms with Crippen molar-refractivity contribution in [2.75, 3.05) is 13.7 Å². The Hall–Kier alpha value is -1.88. The van der Waals surface area contributed by atoms with Crippen molar-refractivity contribution in [3.05, 3.63) is 36.4 Å². The summed E-state index contributed by atoms with van der Waals surface area (Å²) in [7, 11) is 0.216. The molecule has 0 bridgehead atoms. The van der Waals surface area contributed by atoms with E-state index in [2.05, 4.69) is 20.8 Å². The van der Waals surface area contributed by atoms with Gasteiger partial charge in [-0.1, -0.05) is 51.1 Å². The molecule has 2 atom stereocenters. The van der Waals surface area contributed by atoms with Gasteiger partial charge in [-0.25, -0.2) is 4.99 Å². The normalized spacial score (nSPS) is 19.2. The summed E-state index contributed by atoms with van der Waals surface area (Å²) < 4.78 is 24.4. The summed E-state index contributed by atoms with van der Waals surface area (Å²) in [5, 5.41) is 1.97. The first-order chi connectivity index (χ1) is 12.2. The summed E-state index contributed by atoms with van der Waals surface area (Å²) in [6, 6.07) is 11.9. The average molecular weight is 374 g/mol. The summed E-state index contributed by atoms with van der Waals surface area (Å²) in [4.78, 5) is 5.47. The zero-order valence-electron chi connectivity index (χ0n) is 16.3. The van der Waals surface area contributed by atoms with Crippen molar-refractivity contribution in [1.29, 1.82) is 0 Å². The van der Waals surface area contributed by atoms with Crippen molar-refractivity contribution < 1.29 is 13.7 Å². The molecule has 1 unspecified atom stereocenters. The Balaban J connectivity index is 2.08. The Labute approximate surface area is 158 Å². The predicted molar refractivity (Wildman–Crippen MR) is 108 cm³/mol. The fourth-order valence-corrected chi connectivity index (χ4v) is 4.56. The molecule has 0 aromatic heterocycles. The largest absolute Gasteiger partial charge is 0.495 e. The van der Waals surface area contributed by atoms with Crippen LogP contribution in [0.15, 0.2) is 46.3 Å². The highest BCUT2D eigenvalue weighted by Crippen LogP contribution is 2.37. The van der Waals surface area contributed by atoms with E-state index in [1.54, 1.807) is 7.11 Å². The maximum absolute atomic E-state index is 13.7. The minimum atomic E-state index is -1.39. The summed E-state index contributed by atoms with van der Waals surface area (Å²) in [6.07, 6.45) is 0. The number of fused-ring (bicyclic) bond motifs is 1. The van der Waals surface area contributed by atoms with Crippen LogP contribution >= 0.6 is 0 Å². The van der Waals surface area contributed by atoms with Gasteiger partial charge in [0.25, 0.3) is 0 Å². The molecule has 1 aliphatic rings. The number of methoxy groups -OCH3 is 1. The lowest BCUT2D eigenvalue weighted by Crippen LogP contribution is -2.37. The first kappa shape index (κ1) is 18.9. The molecule has 0 aliphatic carbocycles. The minimum absolute atomic E-state index is 0.0104. The van der Waals surface area contributed by atoms with Crippen LogP contribution in [0.2, 0.25) is 0 Å². The van der Waals surface area contributed by atoms with Gasteiger partial charge in [0.2, 0.25) is 5.90 Å². The second-order valence-electron chi connectivity index (χ2n) is 8.22. The van der Waals surface area contributed by atoms with Gasteiger partial charge in [0.05, 0.1) is 28.8 Å². The van der Waals surface area contributed by atoms with Crippen LogP contribution in [0.1, 0.15) is 34.6 Å². The highest BCUT2D eigenvalue weighted by atomic mass is 32.2. The van der Waals surface area contributed by atoms with Gasteiger partial charge in [-0.05, 0) is 30.7 Å². The molecule has 0 saturated carbocycles. The van der Waals surface area contributed by atoms with Crippen molar-refractivity contribution in [2.45, 2.75) is 50.3 Å². The fraction of sp³-hybridized carbons (Fsp3) is 0.476. The number of benzene rings is 2. The zero-order chi connectivity index (χ0) is 19.1. The third kappa shape index (κ3) is 3.25. The van der Waals surface area contributed by atoms with E-state index < -0.39 is 15.5 Å². The van der Waals surface area contributed by atoms with E-state index in [1.807, 2.05) is 50.2 Å². The van der Waals surface area contributed by atoms with Gasteiger partial charge in [0, 0.05) is 5.39 Å². The van der Waals surface area contributed by atoms with Crippen molar-refractivity contribution in [2.24, 2.45) is 10.4 Å². The van der Waals surface area contributed by atoms with Crippen LogP contribution < -0.4 is 4.74 Å². The molecule has 2 aromatic rings. The molecule has 1 heterocycles. The first-order valence-electron chi connectivity index (χ1n) is 8.85. The molecule has 26 heavy (non-hydrogen) atoms.